The number of rotatable bonds is 4. The smallest absolute Gasteiger partial charge is 0.253 e. The van der Waals surface area contributed by atoms with Crippen molar-refractivity contribution in [2.75, 3.05) is 18.8 Å². The number of carbonyl (C=O) groups excluding carboxylic acids is 2. The predicted octanol–water partition coefficient (Wildman–Crippen LogP) is 4.07. The van der Waals surface area contributed by atoms with Crippen molar-refractivity contribution in [1.29, 1.82) is 0 Å². The van der Waals surface area contributed by atoms with Crippen molar-refractivity contribution in [1.82, 2.24) is 9.80 Å². The van der Waals surface area contributed by atoms with E-state index in [9.17, 15) is 9.59 Å². The second kappa shape index (κ2) is 8.21. The molecule has 5 nitrogen and oxygen atoms in total. The van der Waals surface area contributed by atoms with Crippen LogP contribution < -0.4 is 0 Å². The van der Waals surface area contributed by atoms with E-state index < -0.39 is 0 Å². The molecule has 1 aromatic carbocycles. The van der Waals surface area contributed by atoms with Crippen LogP contribution in [-0.4, -0.2) is 40.5 Å². The van der Waals surface area contributed by atoms with Crippen molar-refractivity contribution >= 4 is 23.6 Å². The molecule has 1 aromatic heterocycles. The van der Waals surface area contributed by atoms with E-state index >= 15 is 0 Å². The zero-order chi connectivity index (χ0) is 18.6. The molecule has 0 spiro atoms. The highest BCUT2D eigenvalue weighted by Gasteiger charge is 2.33. The second-order valence-corrected chi connectivity index (χ2v) is 8.16. The maximum Gasteiger partial charge on any atom is 0.253 e. The molecule has 2 aliphatic rings. The minimum Gasteiger partial charge on any atom is -0.467 e. The third kappa shape index (κ3) is 4.05. The molecule has 0 unspecified atom stereocenters. The third-order valence-electron chi connectivity index (χ3n) is 5.21. The lowest BCUT2D eigenvalue weighted by Gasteiger charge is -2.24. The number of thioether (sulfide) groups is 1. The number of hydrogen-bond acceptors (Lipinski definition) is 4. The minimum absolute atomic E-state index is 0.0371. The van der Waals surface area contributed by atoms with Crippen LogP contribution in [-0.2, 0) is 11.3 Å². The van der Waals surface area contributed by atoms with E-state index in [0.29, 0.717) is 12.3 Å². The molecule has 3 heterocycles. The molecular weight excluding hydrogens is 360 g/mol. The average molecular weight is 385 g/mol. The van der Waals surface area contributed by atoms with Crippen LogP contribution in [0.3, 0.4) is 0 Å². The molecular formula is C21H24N2O3S. The maximum atomic E-state index is 12.8. The lowest BCUT2D eigenvalue weighted by Crippen LogP contribution is -2.31. The molecule has 4 rings (SSSR count). The molecule has 0 radical (unpaired) electrons. The lowest BCUT2D eigenvalue weighted by atomic mass is 10.1. The molecule has 0 bridgehead atoms. The Balaban J connectivity index is 1.47. The molecule has 2 aliphatic heterocycles. The van der Waals surface area contributed by atoms with Crippen molar-refractivity contribution in [2.24, 2.45) is 0 Å². The van der Waals surface area contributed by atoms with E-state index in [0.717, 1.165) is 42.8 Å². The fourth-order valence-electron chi connectivity index (χ4n) is 3.72. The fourth-order valence-corrected chi connectivity index (χ4v) is 4.91. The summed E-state index contributed by atoms with van der Waals surface area (Å²) >= 11 is 1.62. The van der Waals surface area contributed by atoms with E-state index in [4.69, 9.17) is 4.42 Å². The van der Waals surface area contributed by atoms with Gasteiger partial charge in [-0.05, 0) is 42.7 Å². The molecule has 2 amide bonds. The molecule has 6 heteroatoms. The van der Waals surface area contributed by atoms with Crippen LogP contribution in [0.4, 0.5) is 0 Å². The van der Waals surface area contributed by atoms with Crippen molar-refractivity contribution in [2.45, 2.75) is 37.6 Å². The summed E-state index contributed by atoms with van der Waals surface area (Å²) in [6, 6.07) is 11.5. The van der Waals surface area contributed by atoms with Gasteiger partial charge in [0.15, 0.2) is 0 Å². The quantitative estimate of drug-likeness (QED) is 0.797. The van der Waals surface area contributed by atoms with E-state index in [1.165, 1.54) is 12.8 Å². The summed E-state index contributed by atoms with van der Waals surface area (Å²) in [5.74, 6) is 1.49. The van der Waals surface area contributed by atoms with Crippen LogP contribution in [0.1, 0.15) is 52.7 Å². The molecule has 27 heavy (non-hydrogen) atoms. The largest absolute Gasteiger partial charge is 0.467 e. The van der Waals surface area contributed by atoms with Gasteiger partial charge < -0.3 is 14.2 Å². The van der Waals surface area contributed by atoms with Crippen LogP contribution in [0.15, 0.2) is 47.1 Å². The minimum atomic E-state index is -0.0371. The van der Waals surface area contributed by atoms with E-state index in [1.807, 2.05) is 46.2 Å². The average Bonchev–Trinajstić information content (AvgIpc) is 3.24. The number of amides is 2. The summed E-state index contributed by atoms with van der Waals surface area (Å²) in [4.78, 5) is 28.9. The van der Waals surface area contributed by atoms with Gasteiger partial charge in [-0.3, -0.25) is 9.59 Å². The van der Waals surface area contributed by atoms with Gasteiger partial charge in [0.1, 0.15) is 11.1 Å². The molecule has 142 valence electrons. The number of benzene rings is 1. The molecule has 0 aliphatic carbocycles. The monoisotopic (exact) mass is 384 g/mol. The van der Waals surface area contributed by atoms with Gasteiger partial charge in [0, 0.05) is 18.7 Å². The van der Waals surface area contributed by atoms with Gasteiger partial charge >= 0.3 is 0 Å². The Hall–Kier alpha value is -2.21. The van der Waals surface area contributed by atoms with Crippen molar-refractivity contribution in [3.63, 3.8) is 0 Å². The lowest BCUT2D eigenvalue weighted by molar-refractivity contribution is -0.128. The molecule has 2 fully saturated rings. The van der Waals surface area contributed by atoms with Crippen LogP contribution in [0.25, 0.3) is 0 Å². The summed E-state index contributed by atoms with van der Waals surface area (Å²) < 4.78 is 5.40. The number of hydrogen-bond donors (Lipinski definition) is 0. The second-order valence-electron chi connectivity index (χ2n) is 7.09. The van der Waals surface area contributed by atoms with Gasteiger partial charge in [-0.15, -0.1) is 11.8 Å². The first-order valence-electron chi connectivity index (χ1n) is 9.55. The van der Waals surface area contributed by atoms with Crippen LogP contribution >= 0.6 is 11.8 Å². The number of furan rings is 1. The highest BCUT2D eigenvalue weighted by atomic mass is 32.2. The summed E-state index contributed by atoms with van der Waals surface area (Å²) in [7, 11) is 0. The van der Waals surface area contributed by atoms with Gasteiger partial charge in [0.05, 0.1) is 18.6 Å². The van der Waals surface area contributed by atoms with Crippen LogP contribution in [0.2, 0.25) is 0 Å². The first-order chi connectivity index (χ1) is 13.2. The first kappa shape index (κ1) is 18.2. The Bertz CT molecular complexity index is 780. The summed E-state index contributed by atoms with van der Waals surface area (Å²) in [5, 5.41) is -0.0371. The number of carbonyl (C=O) groups is 2. The van der Waals surface area contributed by atoms with Crippen molar-refractivity contribution in [3.05, 3.63) is 59.5 Å². The normalized spacial score (nSPS) is 20.7. The van der Waals surface area contributed by atoms with Crippen molar-refractivity contribution in [3.8, 4) is 0 Å². The van der Waals surface area contributed by atoms with Gasteiger partial charge in [0.2, 0.25) is 5.91 Å². The van der Waals surface area contributed by atoms with E-state index in [-0.39, 0.29) is 17.2 Å². The van der Waals surface area contributed by atoms with Crippen LogP contribution in [0, 0.1) is 0 Å². The van der Waals surface area contributed by atoms with Gasteiger partial charge in [-0.1, -0.05) is 25.0 Å². The topological polar surface area (TPSA) is 53.8 Å². The van der Waals surface area contributed by atoms with Crippen molar-refractivity contribution < 1.29 is 14.0 Å². The highest BCUT2D eigenvalue weighted by Crippen LogP contribution is 2.39. The van der Waals surface area contributed by atoms with Gasteiger partial charge in [-0.2, -0.15) is 0 Å². The molecule has 1 atom stereocenters. The zero-order valence-corrected chi connectivity index (χ0v) is 16.1. The first-order valence-corrected chi connectivity index (χ1v) is 10.6. The predicted molar refractivity (Wildman–Crippen MR) is 105 cm³/mol. The maximum absolute atomic E-state index is 12.8. The molecule has 2 saturated heterocycles. The highest BCUT2D eigenvalue weighted by molar-refractivity contribution is 8.00. The van der Waals surface area contributed by atoms with Crippen LogP contribution in [0.5, 0.6) is 0 Å². The molecule has 0 saturated carbocycles. The molecule has 2 aromatic rings. The summed E-state index contributed by atoms with van der Waals surface area (Å²) in [6.45, 7) is 2.17. The Labute approximate surface area is 163 Å². The number of nitrogens with zero attached hydrogens (tertiary/aromatic N) is 2. The Morgan fingerprint density at radius 2 is 1.81 bits per heavy atom. The molecule has 0 N–H and O–H groups in total. The number of likely N-dealkylation sites (tertiary alicyclic amines) is 1. The third-order valence-corrected chi connectivity index (χ3v) is 6.47. The standard InChI is InChI=1S/C21H24N2O3S/c24-19-15-27-21(23(19)14-18-6-5-13-26-18)17-9-7-16(8-10-17)20(25)22-11-3-1-2-4-12-22/h5-10,13,21H,1-4,11-12,14-15H2/t21-/m1/s1. The Morgan fingerprint density at radius 1 is 1.07 bits per heavy atom. The summed E-state index contributed by atoms with van der Waals surface area (Å²) in [5.41, 5.74) is 1.78. The van der Waals surface area contributed by atoms with E-state index in [2.05, 4.69) is 0 Å². The zero-order valence-electron chi connectivity index (χ0n) is 15.3. The Morgan fingerprint density at radius 3 is 2.48 bits per heavy atom. The van der Waals surface area contributed by atoms with E-state index in [1.54, 1.807) is 18.0 Å². The van der Waals surface area contributed by atoms with Gasteiger partial charge in [-0.25, -0.2) is 0 Å². The SMILES string of the molecule is O=C(c1ccc([C@H]2SCC(=O)N2Cc2ccco2)cc1)N1CCCCCC1. The van der Waals surface area contributed by atoms with Gasteiger partial charge in [0.25, 0.3) is 5.91 Å². The Kier molecular flexibility index (Phi) is 5.53. The summed E-state index contributed by atoms with van der Waals surface area (Å²) in [6.07, 6.45) is 6.22. The fraction of sp³-hybridized carbons (Fsp3) is 0.429.